The summed E-state index contributed by atoms with van der Waals surface area (Å²) < 4.78 is 60.0. The van der Waals surface area contributed by atoms with Gasteiger partial charge in [0, 0.05) is 58.1 Å². The van der Waals surface area contributed by atoms with Gasteiger partial charge in [0.25, 0.3) is 0 Å². The molecule has 0 aliphatic carbocycles. The molecule has 10 fully saturated rings. The summed E-state index contributed by atoms with van der Waals surface area (Å²) in [6, 6.07) is 0. The van der Waals surface area contributed by atoms with Crippen molar-refractivity contribution < 1.29 is 52.5 Å². The number of rotatable bonds is 4. The molecule has 10 heterocycles. The third kappa shape index (κ3) is 6.59. The SMILES string of the molecule is C=C1CC2CC[C@@]34C[C@H]5OC6C(O3)C3OC(CC[C@@H]3OC6C5O4)CC(=O)CC3[C@H](CC4OC(CCC1O2)C[C@@H](C)C4=C)O[C@H](CC(O)CN)[C@@H]3OC. The molecule has 12 heteroatoms. The number of methoxy groups -OCH3 is 1. The highest BCUT2D eigenvalue weighted by Crippen LogP contribution is 2.54. The Kier molecular flexibility index (Phi) is 10.0. The maximum atomic E-state index is 14.1. The summed E-state index contributed by atoms with van der Waals surface area (Å²) >= 11 is 0. The number of nitrogens with two attached hydrogens (primary N) is 1. The standard InChI is InChI=1S/C40H59NO11/c1-19-11-24-5-7-28-20(2)12-26(45-28)9-10-40-17-33-36(51-40)37-38(50-33)39(52-40)35-29(49-37)8-6-25(47-35)13-22(42)14-27-31(16-30(46-24)21(19)3)48-32(34(27)44-4)15-23(43)18-41/h19,23-39,43H,2-3,5-18,41H2,1,4H3/t19-,23?,24?,25?,26?,27?,28?,29+,30?,31+,32-,33-,34-,35?,36?,37?,38?,39?,40+/m1/s1. The van der Waals surface area contributed by atoms with Crippen LogP contribution in [0.15, 0.2) is 24.3 Å². The van der Waals surface area contributed by atoms with E-state index in [0.29, 0.717) is 25.7 Å². The smallest absolute Gasteiger partial charge is 0.172 e. The van der Waals surface area contributed by atoms with Crippen molar-refractivity contribution in [2.24, 2.45) is 17.6 Å². The van der Waals surface area contributed by atoms with Crippen molar-refractivity contribution in [3.8, 4) is 0 Å². The number of aliphatic hydroxyl groups is 1. The first kappa shape index (κ1) is 36.4. The third-order valence-corrected chi connectivity index (χ3v) is 14.0. The summed E-state index contributed by atoms with van der Waals surface area (Å²) in [5.74, 6) is -0.619. The van der Waals surface area contributed by atoms with Crippen molar-refractivity contribution in [1.82, 2.24) is 0 Å². The Morgan fingerprint density at radius 1 is 0.808 bits per heavy atom. The van der Waals surface area contributed by atoms with E-state index in [-0.39, 0.29) is 122 Å². The van der Waals surface area contributed by atoms with E-state index in [1.165, 1.54) is 0 Å². The lowest BCUT2D eigenvalue weighted by Crippen LogP contribution is -2.61. The first-order valence-corrected chi connectivity index (χ1v) is 20.2. The van der Waals surface area contributed by atoms with Crippen LogP contribution in [0.5, 0.6) is 0 Å². The molecule has 1 spiro atoms. The number of hydrogen-bond acceptors (Lipinski definition) is 12. The van der Waals surface area contributed by atoms with Crippen molar-refractivity contribution >= 4 is 5.78 Å². The van der Waals surface area contributed by atoms with E-state index in [1.807, 2.05) is 0 Å². The molecule has 0 radical (unpaired) electrons. The van der Waals surface area contributed by atoms with Gasteiger partial charge < -0.3 is 53.5 Å². The summed E-state index contributed by atoms with van der Waals surface area (Å²) in [5, 5.41) is 10.5. The molecule has 0 aromatic heterocycles. The van der Waals surface area contributed by atoms with Gasteiger partial charge >= 0.3 is 0 Å². The number of ether oxygens (including phenoxy) is 9. The predicted octanol–water partition coefficient (Wildman–Crippen LogP) is 3.44. The maximum Gasteiger partial charge on any atom is 0.172 e. The molecule has 19 atom stereocenters. The highest BCUT2D eigenvalue weighted by atomic mass is 16.8. The lowest BCUT2D eigenvalue weighted by molar-refractivity contribution is -0.292. The summed E-state index contributed by atoms with van der Waals surface area (Å²) in [7, 11) is 1.66. The van der Waals surface area contributed by atoms with Gasteiger partial charge in [-0.25, -0.2) is 0 Å². The van der Waals surface area contributed by atoms with E-state index in [9.17, 15) is 9.90 Å². The second-order valence-electron chi connectivity index (χ2n) is 17.4. The maximum absolute atomic E-state index is 14.1. The monoisotopic (exact) mass is 729 g/mol. The molecule has 10 aliphatic heterocycles. The number of fused-ring (bicyclic) bond motifs is 6. The zero-order valence-corrected chi connectivity index (χ0v) is 30.8. The summed E-state index contributed by atoms with van der Waals surface area (Å²) in [5.41, 5.74) is 8.01. The van der Waals surface area contributed by atoms with Gasteiger partial charge in [-0.3, -0.25) is 4.79 Å². The van der Waals surface area contributed by atoms with Gasteiger partial charge in [0.05, 0.1) is 67.1 Å². The van der Waals surface area contributed by atoms with Crippen LogP contribution in [-0.4, -0.2) is 128 Å². The molecule has 10 rings (SSSR count). The summed E-state index contributed by atoms with van der Waals surface area (Å²) in [4.78, 5) is 14.1. The molecule has 10 saturated heterocycles. The Morgan fingerprint density at radius 3 is 2.38 bits per heavy atom. The summed E-state index contributed by atoms with van der Waals surface area (Å²) in [6.45, 7) is 11.3. The number of ketones is 1. The highest BCUT2D eigenvalue weighted by molar-refractivity contribution is 5.79. The van der Waals surface area contributed by atoms with Crippen LogP contribution >= 0.6 is 0 Å². The fourth-order valence-electron chi connectivity index (χ4n) is 11.3. The van der Waals surface area contributed by atoms with Crippen molar-refractivity contribution in [2.45, 2.75) is 194 Å². The van der Waals surface area contributed by atoms with E-state index < -0.39 is 18.0 Å². The van der Waals surface area contributed by atoms with Gasteiger partial charge in [0.15, 0.2) is 5.79 Å². The fourth-order valence-corrected chi connectivity index (χ4v) is 11.3. The quantitative estimate of drug-likeness (QED) is 0.409. The lowest BCUT2D eigenvalue weighted by Gasteiger charge is -2.47. The average Bonchev–Trinajstić information content (AvgIpc) is 3.79. The van der Waals surface area contributed by atoms with Crippen LogP contribution in [0.2, 0.25) is 0 Å². The molecule has 12 bridgehead atoms. The fraction of sp³-hybridized carbons (Fsp3) is 0.875. The topological polar surface area (TPSA) is 146 Å². The largest absolute Gasteiger partial charge is 0.392 e. The number of hydrogen-bond donors (Lipinski definition) is 2. The van der Waals surface area contributed by atoms with Gasteiger partial charge in [-0.1, -0.05) is 20.1 Å². The molecule has 290 valence electrons. The Bertz CT molecular complexity index is 1380. The first-order chi connectivity index (χ1) is 25.1. The number of carbonyl (C=O) groups excluding carboxylic acids is 1. The Morgan fingerprint density at radius 2 is 1.56 bits per heavy atom. The molecule has 10 aliphatic rings. The van der Waals surface area contributed by atoms with E-state index in [4.69, 9.17) is 48.4 Å². The molecule has 0 saturated carbocycles. The first-order valence-electron chi connectivity index (χ1n) is 20.2. The molecule has 12 nitrogen and oxygen atoms in total. The normalized spacial score (nSPS) is 52.4. The van der Waals surface area contributed by atoms with Crippen LogP contribution < -0.4 is 5.73 Å². The van der Waals surface area contributed by atoms with E-state index in [0.717, 1.165) is 56.1 Å². The van der Waals surface area contributed by atoms with Crippen LogP contribution in [0, 0.1) is 11.8 Å². The molecule has 52 heavy (non-hydrogen) atoms. The molecular weight excluding hydrogens is 670 g/mol. The second kappa shape index (κ2) is 14.3. The third-order valence-electron chi connectivity index (χ3n) is 14.0. The highest BCUT2D eigenvalue weighted by Gasteiger charge is 2.68. The Balaban J connectivity index is 0.994. The number of Topliss-reactive ketones (excluding diaryl/α,β-unsaturated/α-hetero) is 1. The van der Waals surface area contributed by atoms with E-state index in [1.54, 1.807) is 7.11 Å². The summed E-state index contributed by atoms with van der Waals surface area (Å²) in [6.07, 6.45) is 4.85. The lowest BCUT2D eigenvalue weighted by atomic mass is 9.81. The van der Waals surface area contributed by atoms with Crippen LogP contribution in [0.4, 0.5) is 0 Å². The minimum absolute atomic E-state index is 0.0158. The zero-order chi connectivity index (χ0) is 35.9. The molecule has 0 aromatic rings. The molecular formula is C40H59NO11. The Hall–Kier alpha value is -1.29. The molecule has 3 N–H and O–H groups in total. The van der Waals surface area contributed by atoms with Gasteiger partial charge in [-0.2, -0.15) is 0 Å². The van der Waals surface area contributed by atoms with Crippen LogP contribution in [0.3, 0.4) is 0 Å². The van der Waals surface area contributed by atoms with Gasteiger partial charge in [-0.15, -0.1) is 0 Å². The van der Waals surface area contributed by atoms with Crippen molar-refractivity contribution in [3.05, 3.63) is 24.3 Å². The second-order valence-corrected chi connectivity index (χ2v) is 17.4. The van der Waals surface area contributed by atoms with Crippen molar-refractivity contribution in [3.63, 3.8) is 0 Å². The molecule has 12 unspecified atom stereocenters. The molecule has 0 amide bonds. The minimum atomic E-state index is -0.780. The van der Waals surface area contributed by atoms with Crippen LogP contribution in [0.1, 0.15) is 90.4 Å². The Labute approximate surface area is 307 Å². The average molecular weight is 730 g/mol. The molecule has 0 aromatic carbocycles. The van der Waals surface area contributed by atoms with E-state index >= 15 is 0 Å². The van der Waals surface area contributed by atoms with Crippen molar-refractivity contribution in [2.75, 3.05) is 13.7 Å². The van der Waals surface area contributed by atoms with Gasteiger partial charge in [0.2, 0.25) is 0 Å². The van der Waals surface area contributed by atoms with Crippen molar-refractivity contribution in [1.29, 1.82) is 0 Å². The number of aliphatic hydroxyl groups excluding tert-OH is 1. The van der Waals surface area contributed by atoms with Gasteiger partial charge in [0.1, 0.15) is 36.3 Å². The van der Waals surface area contributed by atoms with Crippen LogP contribution in [-0.2, 0) is 47.4 Å². The zero-order valence-electron chi connectivity index (χ0n) is 30.8. The van der Waals surface area contributed by atoms with Crippen LogP contribution in [0.25, 0.3) is 0 Å². The van der Waals surface area contributed by atoms with E-state index in [2.05, 4.69) is 20.1 Å². The number of carbonyl (C=O) groups is 1. The minimum Gasteiger partial charge on any atom is -0.392 e. The predicted molar refractivity (Wildman–Crippen MR) is 186 cm³/mol. The van der Waals surface area contributed by atoms with Gasteiger partial charge in [-0.05, 0) is 62.0 Å².